The SMILES string of the molecule is CCC1CC(C(=O)CCCNC(=O)[C@@H](OS(=O)(=O)O)[C@@H](COC)OS(=O)(=O)O)C[C@@H](O[C@@H]2O[C@@H](CO)[C@H](O)C(O[C@@H](CC3CCCCC3)C(=O)N3CCC3)C2NC(C)=O)[C@@H]1O[C@@H]1OC(C)[C@@H](O)[C@H](O)C1O. The van der Waals surface area contributed by atoms with Gasteiger partial charge in [0.1, 0.15) is 60.7 Å². The molecule has 3 aliphatic heterocycles. The van der Waals surface area contributed by atoms with Crippen molar-refractivity contribution in [1.82, 2.24) is 15.5 Å². The first-order valence-corrected chi connectivity index (χ1v) is 26.9. The summed E-state index contributed by atoms with van der Waals surface area (Å²) in [5.41, 5.74) is 0. The van der Waals surface area contributed by atoms with Crippen molar-refractivity contribution in [3.05, 3.63) is 0 Å². The number of carbonyl (C=O) groups excluding carboxylic acids is 4. The Balaban J connectivity index is 1.40. The molecule has 3 saturated heterocycles. The van der Waals surface area contributed by atoms with Crippen LogP contribution in [0, 0.1) is 17.8 Å². The van der Waals surface area contributed by atoms with Gasteiger partial charge in [-0.1, -0.05) is 45.4 Å². The Morgan fingerprint density at radius 1 is 0.831 bits per heavy atom. The standard InChI is InChI=1S/C43H73N3O23S2/c1-5-25-18-26(27(49)13-9-14-44-40(54)38(69-71(59,60)61)31(21-62-4)68-70(56,57)58)19-28(37(25)67-43-36(53)35(52)33(50)22(2)63-43)65-42-32(45-23(3)48)39(34(51)30(20-47)66-42)64-29(41(55)46-15-10-16-46)17-24-11-7-6-8-12-24/h22,24-26,28-39,42-43,47,50-53H,5-21H2,1-4H3,(H,44,54)(H,45,48)(H,56,57,58)(H,59,60,61)/t22?,25?,26?,28-,29+,30+,31-,32?,33-,34+,35+,36?,37-,38+,39?,42-,43+/m1/s1. The van der Waals surface area contributed by atoms with Gasteiger partial charge in [0.2, 0.25) is 5.91 Å². The maximum atomic E-state index is 14.1. The van der Waals surface area contributed by atoms with E-state index in [0.29, 0.717) is 25.9 Å². The average molecular weight is 1060 g/mol. The highest BCUT2D eigenvalue weighted by atomic mass is 32.3. The number of rotatable bonds is 25. The van der Waals surface area contributed by atoms with Gasteiger partial charge in [-0.2, -0.15) is 16.8 Å². The molecule has 71 heavy (non-hydrogen) atoms. The summed E-state index contributed by atoms with van der Waals surface area (Å²) in [6, 6.07) is -1.32. The smallest absolute Gasteiger partial charge is 0.394 e. The molecule has 28 heteroatoms. The molecule has 410 valence electrons. The predicted molar refractivity (Wildman–Crippen MR) is 241 cm³/mol. The second-order valence-electron chi connectivity index (χ2n) is 19.1. The number of hydrogen-bond donors (Lipinski definition) is 9. The number of methoxy groups -OCH3 is 1. The van der Waals surface area contributed by atoms with Crippen LogP contribution in [0.5, 0.6) is 0 Å². The predicted octanol–water partition coefficient (Wildman–Crippen LogP) is -1.95. The molecule has 17 atom stereocenters. The summed E-state index contributed by atoms with van der Waals surface area (Å²) in [4.78, 5) is 55.8. The molecule has 0 radical (unpaired) electrons. The van der Waals surface area contributed by atoms with Crippen molar-refractivity contribution in [2.45, 2.75) is 190 Å². The van der Waals surface area contributed by atoms with E-state index in [0.717, 1.165) is 45.6 Å². The van der Waals surface area contributed by atoms with Gasteiger partial charge in [0, 0.05) is 46.0 Å². The minimum Gasteiger partial charge on any atom is -0.394 e. The van der Waals surface area contributed by atoms with Gasteiger partial charge in [0.05, 0.1) is 31.5 Å². The quantitative estimate of drug-likeness (QED) is 0.0354. The number of nitrogens with one attached hydrogen (secondary N) is 2. The van der Waals surface area contributed by atoms with Crippen LogP contribution in [0.25, 0.3) is 0 Å². The first-order chi connectivity index (χ1) is 33.4. The largest absolute Gasteiger partial charge is 0.398 e. The van der Waals surface area contributed by atoms with Crippen molar-refractivity contribution in [3.8, 4) is 0 Å². The van der Waals surface area contributed by atoms with E-state index in [1.165, 1.54) is 13.8 Å². The first kappa shape index (κ1) is 59.3. The fraction of sp³-hybridized carbons (Fsp3) is 0.907. The van der Waals surface area contributed by atoms with E-state index in [-0.39, 0.29) is 49.8 Å². The fourth-order valence-corrected chi connectivity index (χ4v) is 11.0. The van der Waals surface area contributed by atoms with Crippen molar-refractivity contribution >= 4 is 44.3 Å². The Hall–Kier alpha value is -2.62. The highest BCUT2D eigenvalue weighted by Gasteiger charge is 2.53. The van der Waals surface area contributed by atoms with Crippen molar-refractivity contribution in [3.63, 3.8) is 0 Å². The van der Waals surface area contributed by atoms with Gasteiger partial charge in [-0.25, -0.2) is 8.37 Å². The highest BCUT2D eigenvalue weighted by molar-refractivity contribution is 7.81. The molecule has 0 aromatic heterocycles. The van der Waals surface area contributed by atoms with E-state index in [9.17, 15) is 70.7 Å². The Kier molecular flexibility index (Phi) is 22.3. The van der Waals surface area contributed by atoms with Crippen molar-refractivity contribution in [1.29, 1.82) is 0 Å². The second-order valence-corrected chi connectivity index (χ2v) is 21.2. The molecular formula is C43H73N3O23S2. The lowest BCUT2D eigenvalue weighted by atomic mass is 9.74. The van der Waals surface area contributed by atoms with Gasteiger partial charge < -0.3 is 69.5 Å². The van der Waals surface area contributed by atoms with Gasteiger partial charge in [0.25, 0.3) is 11.8 Å². The van der Waals surface area contributed by atoms with E-state index in [1.54, 1.807) is 11.8 Å². The Labute approximate surface area is 413 Å². The zero-order chi connectivity index (χ0) is 52.4. The molecule has 5 rings (SSSR count). The van der Waals surface area contributed by atoms with Crippen LogP contribution in [0.2, 0.25) is 0 Å². The van der Waals surface area contributed by atoms with E-state index in [2.05, 4.69) is 19.0 Å². The van der Waals surface area contributed by atoms with Crippen molar-refractivity contribution < 1.29 is 107 Å². The lowest BCUT2D eigenvalue weighted by Crippen LogP contribution is -2.67. The molecule has 2 aliphatic carbocycles. The van der Waals surface area contributed by atoms with Crippen LogP contribution in [0.3, 0.4) is 0 Å². The Morgan fingerprint density at radius 2 is 1.51 bits per heavy atom. The molecular weight excluding hydrogens is 991 g/mol. The average Bonchev–Trinajstić information content (AvgIpc) is 3.28. The first-order valence-electron chi connectivity index (χ1n) is 24.2. The van der Waals surface area contributed by atoms with Gasteiger partial charge in [-0.3, -0.25) is 28.3 Å². The Bertz CT molecular complexity index is 1980. The van der Waals surface area contributed by atoms with E-state index in [1.807, 2.05) is 0 Å². The number of likely N-dealkylation sites (tertiary alicyclic amines) is 1. The van der Waals surface area contributed by atoms with Gasteiger partial charge >= 0.3 is 20.8 Å². The van der Waals surface area contributed by atoms with E-state index < -0.39 is 150 Å². The zero-order valence-electron chi connectivity index (χ0n) is 40.3. The fourth-order valence-electron chi connectivity index (χ4n) is 10.0. The lowest BCUT2D eigenvalue weighted by molar-refractivity contribution is -0.338. The van der Waals surface area contributed by atoms with Gasteiger partial charge in [-0.05, 0) is 50.9 Å². The van der Waals surface area contributed by atoms with Gasteiger partial charge in [0.15, 0.2) is 18.7 Å². The minimum atomic E-state index is -5.40. The third-order valence-electron chi connectivity index (χ3n) is 13.9. The summed E-state index contributed by atoms with van der Waals surface area (Å²) in [6.07, 6.45) is -14.9. The number of hydrogen-bond acceptors (Lipinski definition) is 21. The maximum Gasteiger partial charge on any atom is 0.398 e. The molecule has 0 aromatic rings. The highest BCUT2D eigenvalue weighted by Crippen LogP contribution is 2.41. The summed E-state index contributed by atoms with van der Waals surface area (Å²) in [5, 5.41) is 59.5. The Morgan fingerprint density at radius 3 is 2.08 bits per heavy atom. The molecule has 3 heterocycles. The van der Waals surface area contributed by atoms with Crippen LogP contribution in [0.4, 0.5) is 0 Å². The molecule has 9 N–H and O–H groups in total. The number of ether oxygens (including phenoxy) is 6. The molecule has 0 aromatic carbocycles. The van der Waals surface area contributed by atoms with Gasteiger partial charge in [-0.15, -0.1) is 0 Å². The number of carbonyl (C=O) groups is 4. The molecule has 0 spiro atoms. The molecule has 5 aliphatic rings. The van der Waals surface area contributed by atoms with Crippen LogP contribution in [-0.2, 0) is 76.8 Å². The van der Waals surface area contributed by atoms with Crippen LogP contribution < -0.4 is 10.6 Å². The monoisotopic (exact) mass is 1060 g/mol. The van der Waals surface area contributed by atoms with Crippen LogP contribution in [-0.4, -0.2) is 212 Å². The number of amides is 3. The van der Waals surface area contributed by atoms with E-state index in [4.69, 9.17) is 28.4 Å². The molecule has 6 unspecified atom stereocenters. The van der Waals surface area contributed by atoms with Crippen LogP contribution in [0.15, 0.2) is 0 Å². The number of nitrogens with zero attached hydrogens (tertiary/aromatic N) is 1. The molecule has 26 nitrogen and oxygen atoms in total. The summed E-state index contributed by atoms with van der Waals surface area (Å²) in [5.74, 6) is -3.75. The summed E-state index contributed by atoms with van der Waals surface area (Å²) in [7, 11) is -9.66. The summed E-state index contributed by atoms with van der Waals surface area (Å²) in [6.45, 7) is 3.66. The van der Waals surface area contributed by atoms with Crippen LogP contribution in [0.1, 0.15) is 97.8 Å². The summed E-state index contributed by atoms with van der Waals surface area (Å²) < 4.78 is 110. The zero-order valence-corrected chi connectivity index (χ0v) is 42.0. The summed E-state index contributed by atoms with van der Waals surface area (Å²) >= 11 is 0. The topological polar surface area (TPSA) is 379 Å². The third kappa shape index (κ3) is 16.7. The number of ketones is 1. The number of aliphatic hydroxyl groups excluding tert-OH is 5. The third-order valence-corrected chi connectivity index (χ3v) is 14.8. The number of Topliss-reactive ketones (excluding diaryl/α,β-unsaturated/α-hetero) is 1. The normalized spacial score (nSPS) is 34.4. The molecule has 3 amide bonds. The van der Waals surface area contributed by atoms with Crippen molar-refractivity contribution in [2.75, 3.05) is 40.0 Å². The van der Waals surface area contributed by atoms with Crippen molar-refractivity contribution in [2.24, 2.45) is 17.8 Å². The van der Waals surface area contributed by atoms with E-state index >= 15 is 0 Å². The minimum absolute atomic E-state index is 0.0835. The lowest BCUT2D eigenvalue weighted by Gasteiger charge is -2.49. The maximum absolute atomic E-state index is 14.1. The molecule has 5 fully saturated rings. The van der Waals surface area contributed by atoms with Crippen LogP contribution >= 0.6 is 0 Å². The molecule has 2 saturated carbocycles. The second kappa shape index (κ2) is 26.7. The number of aliphatic hydroxyl groups is 5. The molecule has 0 bridgehead atoms.